The number of likely N-dealkylation sites (tertiary alicyclic amines) is 1. The SMILES string of the molecule is O=C(CN1CCC(C(=O)Nc2ccccc2O)CC1)NC(Cc1ccccc1)c1ccccc1. The summed E-state index contributed by atoms with van der Waals surface area (Å²) in [5.41, 5.74) is 2.69. The predicted octanol–water partition coefficient (Wildman–Crippen LogP) is 4.14. The molecule has 0 aliphatic carbocycles. The second-order valence-electron chi connectivity index (χ2n) is 8.78. The minimum absolute atomic E-state index is 0.0121. The lowest BCUT2D eigenvalue weighted by Gasteiger charge is -2.31. The number of carbonyl (C=O) groups is 2. The fraction of sp³-hybridized carbons (Fsp3) is 0.286. The Morgan fingerprint density at radius 3 is 2.18 bits per heavy atom. The smallest absolute Gasteiger partial charge is 0.234 e. The van der Waals surface area contributed by atoms with Crippen LogP contribution in [0.15, 0.2) is 84.9 Å². The zero-order valence-electron chi connectivity index (χ0n) is 19.2. The number of hydrogen-bond acceptors (Lipinski definition) is 4. The maximum absolute atomic E-state index is 12.9. The molecule has 1 fully saturated rings. The lowest BCUT2D eigenvalue weighted by molar-refractivity contribution is -0.124. The Balaban J connectivity index is 1.29. The number of rotatable bonds is 8. The van der Waals surface area contributed by atoms with E-state index in [0.29, 0.717) is 38.2 Å². The molecule has 1 heterocycles. The van der Waals surface area contributed by atoms with Gasteiger partial charge < -0.3 is 15.7 Å². The first-order chi connectivity index (χ1) is 16.6. The number of aromatic hydroxyl groups is 1. The Labute approximate surface area is 200 Å². The Bertz CT molecular complexity index is 1080. The summed E-state index contributed by atoms with van der Waals surface area (Å²) in [5.74, 6) is -0.165. The number of hydrogen-bond donors (Lipinski definition) is 3. The lowest BCUT2D eigenvalue weighted by Crippen LogP contribution is -2.44. The fourth-order valence-corrected chi connectivity index (χ4v) is 4.40. The van der Waals surface area contributed by atoms with Gasteiger partial charge in [0, 0.05) is 5.92 Å². The zero-order chi connectivity index (χ0) is 23.8. The Hall–Kier alpha value is -3.64. The summed E-state index contributed by atoms with van der Waals surface area (Å²) in [6.45, 7) is 1.67. The monoisotopic (exact) mass is 457 g/mol. The molecule has 0 saturated carbocycles. The van der Waals surface area contributed by atoms with Crippen LogP contribution < -0.4 is 10.6 Å². The van der Waals surface area contributed by atoms with Crippen LogP contribution in [-0.2, 0) is 16.0 Å². The second kappa shape index (κ2) is 11.5. The van der Waals surface area contributed by atoms with Crippen LogP contribution in [0.1, 0.15) is 30.0 Å². The molecule has 176 valence electrons. The van der Waals surface area contributed by atoms with Crippen molar-refractivity contribution in [2.75, 3.05) is 25.0 Å². The van der Waals surface area contributed by atoms with Crippen LogP contribution in [0, 0.1) is 5.92 Å². The van der Waals surface area contributed by atoms with Crippen LogP contribution in [0.2, 0.25) is 0 Å². The van der Waals surface area contributed by atoms with Gasteiger partial charge >= 0.3 is 0 Å². The highest BCUT2D eigenvalue weighted by molar-refractivity contribution is 5.94. The first-order valence-electron chi connectivity index (χ1n) is 11.8. The molecule has 0 radical (unpaired) electrons. The first-order valence-corrected chi connectivity index (χ1v) is 11.8. The third-order valence-electron chi connectivity index (χ3n) is 6.31. The molecule has 2 amide bonds. The summed E-state index contributed by atoms with van der Waals surface area (Å²) >= 11 is 0. The average Bonchev–Trinajstić information content (AvgIpc) is 2.86. The van der Waals surface area contributed by atoms with Gasteiger partial charge in [0.1, 0.15) is 5.75 Å². The van der Waals surface area contributed by atoms with Crippen LogP contribution in [0.5, 0.6) is 5.75 Å². The molecule has 3 N–H and O–H groups in total. The van der Waals surface area contributed by atoms with Crippen molar-refractivity contribution in [3.05, 3.63) is 96.1 Å². The number of piperidine rings is 1. The number of benzene rings is 3. The number of para-hydroxylation sites is 2. The van der Waals surface area contributed by atoms with Gasteiger partial charge in [0.05, 0.1) is 18.3 Å². The van der Waals surface area contributed by atoms with Crippen LogP contribution >= 0.6 is 0 Å². The molecular weight excluding hydrogens is 426 g/mol. The number of nitrogens with zero attached hydrogens (tertiary/aromatic N) is 1. The van der Waals surface area contributed by atoms with E-state index in [9.17, 15) is 14.7 Å². The molecule has 0 aromatic heterocycles. The highest BCUT2D eigenvalue weighted by Crippen LogP contribution is 2.25. The fourth-order valence-electron chi connectivity index (χ4n) is 4.40. The molecule has 1 aliphatic rings. The van der Waals surface area contributed by atoms with Gasteiger partial charge in [0.25, 0.3) is 0 Å². The molecule has 0 bridgehead atoms. The predicted molar refractivity (Wildman–Crippen MR) is 133 cm³/mol. The standard InChI is InChI=1S/C28H31N3O3/c32-26-14-8-7-13-24(26)30-28(34)23-15-17-31(18-16-23)20-27(33)29-25(22-11-5-2-6-12-22)19-21-9-3-1-4-10-21/h1-14,23,25,32H,15-20H2,(H,29,33)(H,30,34). The molecule has 1 aliphatic heterocycles. The van der Waals surface area contributed by atoms with E-state index < -0.39 is 0 Å². The van der Waals surface area contributed by atoms with Gasteiger partial charge in [0.2, 0.25) is 11.8 Å². The second-order valence-corrected chi connectivity index (χ2v) is 8.78. The third kappa shape index (κ3) is 6.45. The molecule has 1 atom stereocenters. The summed E-state index contributed by atoms with van der Waals surface area (Å²) in [7, 11) is 0. The minimum atomic E-state index is -0.130. The van der Waals surface area contributed by atoms with Crippen molar-refractivity contribution in [1.29, 1.82) is 0 Å². The van der Waals surface area contributed by atoms with Gasteiger partial charge in [-0.1, -0.05) is 72.8 Å². The summed E-state index contributed by atoms with van der Waals surface area (Å²) in [5, 5.41) is 15.9. The van der Waals surface area contributed by atoms with Crippen molar-refractivity contribution in [3.8, 4) is 5.75 Å². The molecule has 34 heavy (non-hydrogen) atoms. The quantitative estimate of drug-likeness (QED) is 0.444. The van der Waals surface area contributed by atoms with E-state index in [0.717, 1.165) is 12.0 Å². The summed E-state index contributed by atoms with van der Waals surface area (Å²) in [6, 6.07) is 26.8. The highest BCUT2D eigenvalue weighted by atomic mass is 16.3. The number of phenols is 1. The molecule has 6 nitrogen and oxygen atoms in total. The summed E-state index contributed by atoms with van der Waals surface area (Å²) in [6.07, 6.45) is 2.09. The maximum Gasteiger partial charge on any atom is 0.234 e. The topological polar surface area (TPSA) is 81.7 Å². The van der Waals surface area contributed by atoms with Crippen LogP contribution in [0.4, 0.5) is 5.69 Å². The Morgan fingerprint density at radius 2 is 1.50 bits per heavy atom. The minimum Gasteiger partial charge on any atom is -0.506 e. The lowest BCUT2D eigenvalue weighted by atomic mass is 9.95. The van der Waals surface area contributed by atoms with E-state index in [2.05, 4.69) is 27.7 Å². The zero-order valence-corrected chi connectivity index (χ0v) is 19.2. The highest BCUT2D eigenvalue weighted by Gasteiger charge is 2.27. The van der Waals surface area contributed by atoms with E-state index in [1.807, 2.05) is 48.5 Å². The van der Waals surface area contributed by atoms with Gasteiger partial charge in [-0.2, -0.15) is 0 Å². The normalized spacial score (nSPS) is 15.4. The average molecular weight is 458 g/mol. The van der Waals surface area contributed by atoms with Crippen molar-refractivity contribution in [1.82, 2.24) is 10.2 Å². The number of nitrogens with one attached hydrogen (secondary N) is 2. The number of anilines is 1. The Morgan fingerprint density at radius 1 is 0.882 bits per heavy atom. The van der Waals surface area contributed by atoms with E-state index in [-0.39, 0.29) is 29.5 Å². The third-order valence-corrected chi connectivity index (χ3v) is 6.31. The van der Waals surface area contributed by atoms with Crippen molar-refractivity contribution in [3.63, 3.8) is 0 Å². The van der Waals surface area contributed by atoms with Crippen molar-refractivity contribution in [2.24, 2.45) is 5.92 Å². The van der Waals surface area contributed by atoms with Gasteiger partial charge in [-0.3, -0.25) is 14.5 Å². The van der Waals surface area contributed by atoms with Gasteiger partial charge in [-0.05, 0) is 55.6 Å². The van der Waals surface area contributed by atoms with E-state index in [1.54, 1.807) is 24.3 Å². The number of amides is 2. The number of carbonyl (C=O) groups excluding carboxylic acids is 2. The van der Waals surface area contributed by atoms with Gasteiger partial charge in [-0.25, -0.2) is 0 Å². The van der Waals surface area contributed by atoms with Gasteiger partial charge in [0.15, 0.2) is 0 Å². The molecule has 0 spiro atoms. The molecule has 3 aromatic rings. The molecular formula is C28H31N3O3. The van der Waals surface area contributed by atoms with Crippen LogP contribution in [0.25, 0.3) is 0 Å². The largest absolute Gasteiger partial charge is 0.506 e. The van der Waals surface area contributed by atoms with Crippen molar-refractivity contribution in [2.45, 2.75) is 25.3 Å². The molecule has 6 heteroatoms. The van der Waals surface area contributed by atoms with Crippen LogP contribution in [-0.4, -0.2) is 41.5 Å². The van der Waals surface area contributed by atoms with E-state index in [4.69, 9.17) is 0 Å². The van der Waals surface area contributed by atoms with Gasteiger partial charge in [-0.15, -0.1) is 0 Å². The van der Waals surface area contributed by atoms with Crippen LogP contribution in [0.3, 0.4) is 0 Å². The van der Waals surface area contributed by atoms with E-state index >= 15 is 0 Å². The molecule has 1 saturated heterocycles. The van der Waals surface area contributed by atoms with Crippen molar-refractivity contribution < 1.29 is 14.7 Å². The van der Waals surface area contributed by atoms with Crippen molar-refractivity contribution >= 4 is 17.5 Å². The van der Waals surface area contributed by atoms with E-state index in [1.165, 1.54) is 5.56 Å². The maximum atomic E-state index is 12.9. The molecule has 4 rings (SSSR count). The summed E-state index contributed by atoms with van der Waals surface area (Å²) in [4.78, 5) is 27.6. The molecule has 1 unspecified atom stereocenters. The molecule has 3 aromatic carbocycles. The number of phenolic OH excluding ortho intramolecular Hbond substituents is 1. The Kier molecular flexibility index (Phi) is 7.94. The summed E-state index contributed by atoms with van der Waals surface area (Å²) < 4.78 is 0. The first kappa shape index (κ1) is 23.5.